The molecule has 1 heterocycles. The Labute approximate surface area is 120 Å². The van der Waals surface area contributed by atoms with Crippen molar-refractivity contribution >= 4 is 39.0 Å². The lowest BCUT2D eigenvalue weighted by Crippen LogP contribution is -2.19. The predicted molar refractivity (Wildman–Crippen MR) is 71.1 cm³/mol. The van der Waals surface area contributed by atoms with Gasteiger partial charge in [-0.3, -0.25) is 0 Å². The van der Waals surface area contributed by atoms with Crippen molar-refractivity contribution in [3.8, 4) is 5.75 Å². The monoisotopic (exact) mass is 324 g/mol. The number of benzene rings is 1. The van der Waals surface area contributed by atoms with Crippen molar-refractivity contribution < 1.29 is 23.1 Å². The van der Waals surface area contributed by atoms with E-state index in [4.69, 9.17) is 33.0 Å². The maximum absolute atomic E-state index is 11.3. The number of hydrogen-bond acceptors (Lipinski definition) is 4. The zero-order chi connectivity index (χ0) is 14.2. The summed E-state index contributed by atoms with van der Waals surface area (Å²) in [6.07, 6.45) is -0.288. The van der Waals surface area contributed by atoms with Crippen LogP contribution in [0, 0.1) is 0 Å². The fourth-order valence-corrected chi connectivity index (χ4v) is 3.89. The number of carboxylic acids is 1. The van der Waals surface area contributed by atoms with Crippen LogP contribution in [-0.2, 0) is 9.84 Å². The van der Waals surface area contributed by atoms with Crippen LogP contribution in [-0.4, -0.2) is 37.1 Å². The van der Waals surface area contributed by atoms with E-state index in [1.54, 1.807) is 0 Å². The first kappa shape index (κ1) is 14.4. The summed E-state index contributed by atoms with van der Waals surface area (Å²) in [5, 5.41) is 9.19. The van der Waals surface area contributed by atoms with Gasteiger partial charge in [0.15, 0.2) is 15.6 Å². The molecule has 5 nitrogen and oxygen atoms in total. The van der Waals surface area contributed by atoms with Gasteiger partial charge in [0, 0.05) is 0 Å². The fourth-order valence-electron chi connectivity index (χ4n) is 1.87. The van der Waals surface area contributed by atoms with E-state index >= 15 is 0 Å². The van der Waals surface area contributed by atoms with Gasteiger partial charge in [-0.2, -0.15) is 0 Å². The zero-order valence-corrected chi connectivity index (χ0v) is 11.9. The molecule has 1 N–H and O–H groups in total. The predicted octanol–water partition coefficient (Wildman–Crippen LogP) is 2.26. The molecule has 1 saturated heterocycles. The number of halogens is 2. The molecule has 1 aliphatic heterocycles. The molecule has 0 aromatic heterocycles. The Morgan fingerprint density at radius 3 is 2.47 bits per heavy atom. The molecule has 0 radical (unpaired) electrons. The lowest BCUT2D eigenvalue weighted by atomic mass is 10.2. The Morgan fingerprint density at radius 1 is 1.32 bits per heavy atom. The average Bonchev–Trinajstić information content (AvgIpc) is 2.63. The molecule has 1 aromatic carbocycles. The Hall–Kier alpha value is -0.980. The maximum Gasteiger partial charge on any atom is 0.341 e. The third-order valence-electron chi connectivity index (χ3n) is 2.75. The summed E-state index contributed by atoms with van der Waals surface area (Å²) in [4.78, 5) is 11.2. The van der Waals surface area contributed by atoms with Gasteiger partial charge < -0.3 is 9.84 Å². The standard InChI is InChI=1S/C11H10Cl2O5S/c12-7-1-2-8(13)10(9(7)11(14)15)18-6-3-4-19(16,17)5-6/h1-2,6H,3-5H2,(H,14,15). The minimum absolute atomic E-state index is 0.00671. The first-order chi connectivity index (χ1) is 8.80. The van der Waals surface area contributed by atoms with Crippen molar-refractivity contribution in [1.29, 1.82) is 0 Å². The number of hydrogen-bond donors (Lipinski definition) is 1. The second kappa shape index (κ2) is 5.19. The SMILES string of the molecule is O=C(O)c1c(Cl)ccc(Cl)c1OC1CCS(=O)(=O)C1. The number of sulfone groups is 1. The smallest absolute Gasteiger partial charge is 0.341 e. The number of carboxylic acid groups (broad SMARTS) is 1. The second-order valence-corrected chi connectivity index (χ2v) is 7.22. The molecule has 8 heteroatoms. The number of ether oxygens (including phenoxy) is 1. The molecule has 1 aliphatic rings. The van der Waals surface area contributed by atoms with Gasteiger partial charge in [0.2, 0.25) is 0 Å². The quantitative estimate of drug-likeness (QED) is 0.922. The molecule has 19 heavy (non-hydrogen) atoms. The molecule has 1 atom stereocenters. The van der Waals surface area contributed by atoms with Gasteiger partial charge >= 0.3 is 5.97 Å². The maximum atomic E-state index is 11.3. The highest BCUT2D eigenvalue weighted by Crippen LogP contribution is 2.35. The van der Waals surface area contributed by atoms with E-state index in [0.717, 1.165) is 0 Å². The van der Waals surface area contributed by atoms with E-state index in [9.17, 15) is 13.2 Å². The van der Waals surface area contributed by atoms with E-state index in [-0.39, 0.29) is 32.9 Å². The highest BCUT2D eigenvalue weighted by atomic mass is 35.5. The van der Waals surface area contributed by atoms with Crippen LogP contribution in [0.5, 0.6) is 5.75 Å². The van der Waals surface area contributed by atoms with Crippen molar-refractivity contribution in [2.45, 2.75) is 12.5 Å². The van der Waals surface area contributed by atoms with Gasteiger partial charge in [-0.1, -0.05) is 23.2 Å². The fraction of sp³-hybridized carbons (Fsp3) is 0.364. The summed E-state index contributed by atoms with van der Waals surface area (Å²) < 4.78 is 28.1. The Morgan fingerprint density at radius 2 is 1.95 bits per heavy atom. The highest BCUT2D eigenvalue weighted by molar-refractivity contribution is 7.91. The topological polar surface area (TPSA) is 80.7 Å². The second-order valence-electron chi connectivity index (χ2n) is 4.18. The van der Waals surface area contributed by atoms with Gasteiger partial charge in [0.05, 0.1) is 21.6 Å². The van der Waals surface area contributed by atoms with Gasteiger partial charge in [-0.15, -0.1) is 0 Å². The number of aromatic carboxylic acids is 1. The molecule has 0 bridgehead atoms. The first-order valence-corrected chi connectivity index (χ1v) is 7.96. The van der Waals surface area contributed by atoms with Gasteiger partial charge in [-0.05, 0) is 18.6 Å². The molecular weight excluding hydrogens is 315 g/mol. The van der Waals surface area contributed by atoms with E-state index in [1.807, 2.05) is 0 Å². The first-order valence-electron chi connectivity index (χ1n) is 5.38. The van der Waals surface area contributed by atoms with Crippen LogP contribution in [0.15, 0.2) is 12.1 Å². The summed E-state index contributed by atoms with van der Waals surface area (Å²) >= 11 is 11.7. The van der Waals surface area contributed by atoms with Crippen molar-refractivity contribution in [3.05, 3.63) is 27.7 Å². The molecule has 104 valence electrons. The van der Waals surface area contributed by atoms with Crippen LogP contribution in [0.3, 0.4) is 0 Å². The Bertz CT molecular complexity index is 626. The molecule has 1 aromatic rings. The van der Waals surface area contributed by atoms with Crippen LogP contribution in [0.2, 0.25) is 10.0 Å². The molecular formula is C11H10Cl2O5S. The van der Waals surface area contributed by atoms with Crippen LogP contribution >= 0.6 is 23.2 Å². The van der Waals surface area contributed by atoms with Crippen LogP contribution in [0.4, 0.5) is 0 Å². The van der Waals surface area contributed by atoms with Gasteiger partial charge in [0.1, 0.15) is 11.7 Å². The van der Waals surface area contributed by atoms with Crippen molar-refractivity contribution in [2.24, 2.45) is 0 Å². The molecule has 0 spiro atoms. The molecule has 1 fully saturated rings. The molecule has 0 aliphatic carbocycles. The minimum Gasteiger partial charge on any atom is -0.487 e. The van der Waals surface area contributed by atoms with E-state index < -0.39 is 21.9 Å². The Balaban J connectivity index is 2.35. The van der Waals surface area contributed by atoms with Gasteiger partial charge in [0.25, 0.3) is 0 Å². The van der Waals surface area contributed by atoms with Crippen LogP contribution < -0.4 is 4.74 Å². The van der Waals surface area contributed by atoms with Crippen molar-refractivity contribution in [3.63, 3.8) is 0 Å². The van der Waals surface area contributed by atoms with Crippen molar-refractivity contribution in [2.75, 3.05) is 11.5 Å². The highest BCUT2D eigenvalue weighted by Gasteiger charge is 2.31. The lowest BCUT2D eigenvalue weighted by molar-refractivity contribution is 0.0690. The summed E-state index contributed by atoms with van der Waals surface area (Å²) in [7, 11) is -3.12. The third kappa shape index (κ3) is 3.13. The number of carbonyl (C=O) groups is 1. The minimum atomic E-state index is -3.12. The normalized spacial score (nSPS) is 21.3. The van der Waals surface area contributed by atoms with E-state index in [1.165, 1.54) is 12.1 Å². The van der Waals surface area contributed by atoms with Crippen LogP contribution in [0.25, 0.3) is 0 Å². The summed E-state index contributed by atoms with van der Waals surface area (Å²) in [5.41, 5.74) is -0.251. The van der Waals surface area contributed by atoms with Crippen LogP contribution in [0.1, 0.15) is 16.8 Å². The lowest BCUT2D eigenvalue weighted by Gasteiger charge is -2.16. The molecule has 0 saturated carbocycles. The average molecular weight is 325 g/mol. The largest absolute Gasteiger partial charge is 0.487 e. The number of rotatable bonds is 3. The summed E-state index contributed by atoms with van der Waals surface area (Å²) in [6.45, 7) is 0. The molecule has 0 amide bonds. The summed E-state index contributed by atoms with van der Waals surface area (Å²) in [5.74, 6) is -1.47. The van der Waals surface area contributed by atoms with Crippen molar-refractivity contribution in [1.82, 2.24) is 0 Å². The zero-order valence-electron chi connectivity index (χ0n) is 9.60. The van der Waals surface area contributed by atoms with Gasteiger partial charge in [-0.25, -0.2) is 13.2 Å². The van der Waals surface area contributed by atoms with E-state index in [2.05, 4.69) is 0 Å². The van der Waals surface area contributed by atoms with E-state index in [0.29, 0.717) is 6.42 Å². The third-order valence-corrected chi connectivity index (χ3v) is 5.10. The Kier molecular flexibility index (Phi) is 3.94. The molecule has 1 unspecified atom stereocenters. The molecule has 2 rings (SSSR count). The summed E-state index contributed by atoms with van der Waals surface area (Å²) in [6, 6.07) is 2.76.